The van der Waals surface area contributed by atoms with E-state index >= 15 is 0 Å². The molecule has 17 nitrogen and oxygen atoms in total. The molecule has 0 saturated heterocycles. The highest BCUT2D eigenvalue weighted by Gasteiger charge is 2.31. The molecular formula is C92H180O17P2. The molecular weight excluding hydrogens is 1440 g/mol. The lowest BCUT2D eigenvalue weighted by atomic mass is 9.99. The molecule has 0 aromatic rings. The lowest BCUT2D eigenvalue weighted by Gasteiger charge is -2.21. The summed E-state index contributed by atoms with van der Waals surface area (Å²) in [5.74, 6) is 0.300. The summed E-state index contributed by atoms with van der Waals surface area (Å²) < 4.78 is 69.1. The van der Waals surface area contributed by atoms with Gasteiger partial charge in [0.1, 0.15) is 19.3 Å². The minimum atomic E-state index is -4.97. The van der Waals surface area contributed by atoms with Crippen LogP contribution in [0.3, 0.4) is 0 Å². The molecule has 0 aliphatic rings. The van der Waals surface area contributed by atoms with Crippen LogP contribution < -0.4 is 0 Å². The Morgan fingerprint density at radius 2 is 0.459 bits per heavy atom. The molecule has 6 atom stereocenters. The van der Waals surface area contributed by atoms with Gasteiger partial charge in [0.05, 0.1) is 26.4 Å². The number of carbonyl (C=O) groups excluding carboxylic acids is 4. The number of unbranched alkanes of at least 4 members (excludes halogenated alkanes) is 57. The van der Waals surface area contributed by atoms with Crippen molar-refractivity contribution in [2.75, 3.05) is 39.6 Å². The molecule has 0 radical (unpaired) electrons. The molecule has 0 fully saturated rings. The highest BCUT2D eigenvalue weighted by molar-refractivity contribution is 7.47. The van der Waals surface area contributed by atoms with Crippen LogP contribution in [0.15, 0.2) is 0 Å². The molecule has 3 unspecified atom stereocenters. The fraction of sp³-hybridized carbons (Fsp3) is 0.957. The standard InChI is InChI=1S/C92H180O17P2/c1-8-10-11-12-13-14-15-16-17-18-25-31-36-41-46-53-61-69-76-92(97)109-88(80-103-90(95)74-67-60-55-48-50-57-64-71-84(5)6)82-107-111(100,101)105-78-86(93)77-104-110(98,99)106-81-87(79-102-89(94)73-66-59-52-45-40-35-30-26-21-19-23-28-33-38-43-49-56-63-70-83(3)4)108-91(96)75-68-62-54-47-42-37-32-27-22-20-24-29-34-39-44-51-58-65-72-85(7)9-2/h83-88,93H,8-82H2,1-7H3,(H,98,99)(H,100,101)/t85?,86-,87-,88-/m1/s1. The molecule has 660 valence electrons. The number of ether oxygens (including phenoxy) is 4. The first-order chi connectivity index (χ1) is 53.8. The maximum atomic E-state index is 13.2. The molecule has 19 heteroatoms. The van der Waals surface area contributed by atoms with E-state index in [4.69, 9.17) is 37.0 Å². The second kappa shape index (κ2) is 81.8. The fourth-order valence-electron chi connectivity index (χ4n) is 14.4. The first kappa shape index (κ1) is 109. The highest BCUT2D eigenvalue weighted by Crippen LogP contribution is 2.45. The first-order valence-corrected chi connectivity index (χ1v) is 50.4. The van der Waals surface area contributed by atoms with Crippen molar-refractivity contribution >= 4 is 39.5 Å². The van der Waals surface area contributed by atoms with Crippen LogP contribution in [-0.4, -0.2) is 96.7 Å². The van der Waals surface area contributed by atoms with E-state index in [1.807, 2.05) is 0 Å². The predicted molar refractivity (Wildman–Crippen MR) is 460 cm³/mol. The normalized spacial score (nSPS) is 14.0. The summed E-state index contributed by atoms with van der Waals surface area (Å²) in [7, 11) is -9.94. The van der Waals surface area contributed by atoms with Crippen molar-refractivity contribution in [3.05, 3.63) is 0 Å². The van der Waals surface area contributed by atoms with E-state index < -0.39 is 97.5 Å². The number of aliphatic hydroxyl groups excluding tert-OH is 1. The Morgan fingerprint density at radius 1 is 0.261 bits per heavy atom. The molecule has 0 saturated carbocycles. The smallest absolute Gasteiger partial charge is 0.462 e. The number of hydrogen-bond acceptors (Lipinski definition) is 15. The highest BCUT2D eigenvalue weighted by atomic mass is 31.2. The van der Waals surface area contributed by atoms with Gasteiger partial charge in [-0.3, -0.25) is 37.3 Å². The maximum Gasteiger partial charge on any atom is 0.472 e. The van der Waals surface area contributed by atoms with Gasteiger partial charge in [-0.1, -0.05) is 440 Å². The van der Waals surface area contributed by atoms with Crippen LogP contribution in [-0.2, 0) is 65.4 Å². The summed E-state index contributed by atoms with van der Waals surface area (Å²) in [4.78, 5) is 73.4. The van der Waals surface area contributed by atoms with Gasteiger partial charge in [-0.05, 0) is 43.4 Å². The van der Waals surface area contributed by atoms with E-state index in [1.54, 1.807) is 0 Å². The summed E-state index contributed by atoms with van der Waals surface area (Å²) in [6.45, 7) is 12.1. The Bertz CT molecular complexity index is 2130. The number of hydrogen-bond donors (Lipinski definition) is 3. The maximum absolute atomic E-state index is 13.2. The second-order valence-corrected chi connectivity index (χ2v) is 37.2. The van der Waals surface area contributed by atoms with E-state index in [9.17, 15) is 43.2 Å². The summed E-state index contributed by atoms with van der Waals surface area (Å²) in [5.41, 5.74) is 0. The van der Waals surface area contributed by atoms with Crippen molar-refractivity contribution < 1.29 is 80.2 Å². The third-order valence-corrected chi connectivity index (χ3v) is 23.9. The minimum absolute atomic E-state index is 0.108. The number of rotatable bonds is 90. The topological polar surface area (TPSA) is 237 Å². The third-order valence-electron chi connectivity index (χ3n) is 22.0. The molecule has 0 aliphatic heterocycles. The Morgan fingerprint density at radius 3 is 0.685 bits per heavy atom. The molecule has 0 bridgehead atoms. The molecule has 0 amide bonds. The van der Waals surface area contributed by atoms with Gasteiger partial charge in [0.15, 0.2) is 12.2 Å². The summed E-state index contributed by atoms with van der Waals surface area (Å²) in [6.07, 6.45) is 75.2. The fourth-order valence-corrected chi connectivity index (χ4v) is 16.0. The Kier molecular flexibility index (Phi) is 80.4. The monoisotopic (exact) mass is 1620 g/mol. The molecule has 111 heavy (non-hydrogen) atoms. The molecule has 0 rings (SSSR count). The van der Waals surface area contributed by atoms with Crippen molar-refractivity contribution in [3.63, 3.8) is 0 Å². The third kappa shape index (κ3) is 84.3. The minimum Gasteiger partial charge on any atom is -0.462 e. The zero-order valence-corrected chi connectivity index (χ0v) is 75.2. The van der Waals surface area contributed by atoms with Crippen LogP contribution in [0.25, 0.3) is 0 Å². The van der Waals surface area contributed by atoms with Gasteiger partial charge in [0.25, 0.3) is 0 Å². The zero-order chi connectivity index (χ0) is 81.5. The van der Waals surface area contributed by atoms with E-state index in [0.717, 1.165) is 108 Å². The Labute approximate surface area is 683 Å². The van der Waals surface area contributed by atoms with Crippen LogP contribution >= 0.6 is 15.6 Å². The number of phosphoric ester groups is 2. The number of carbonyl (C=O) groups is 4. The molecule has 3 N–H and O–H groups in total. The molecule has 0 aromatic heterocycles. The summed E-state index contributed by atoms with van der Waals surface area (Å²) in [5, 5.41) is 10.7. The lowest BCUT2D eigenvalue weighted by Crippen LogP contribution is -2.30. The predicted octanol–water partition coefficient (Wildman–Crippen LogP) is 28.4. The average molecular weight is 1620 g/mol. The summed E-state index contributed by atoms with van der Waals surface area (Å²) in [6, 6.07) is 0. The van der Waals surface area contributed by atoms with E-state index in [2.05, 4.69) is 48.5 Å². The van der Waals surface area contributed by atoms with Gasteiger partial charge in [-0.2, -0.15) is 0 Å². The van der Waals surface area contributed by atoms with Crippen LogP contribution in [0.1, 0.15) is 492 Å². The first-order valence-electron chi connectivity index (χ1n) is 47.4. The van der Waals surface area contributed by atoms with Crippen molar-refractivity contribution in [1.82, 2.24) is 0 Å². The van der Waals surface area contributed by atoms with Gasteiger partial charge in [-0.15, -0.1) is 0 Å². The molecule has 0 heterocycles. The van der Waals surface area contributed by atoms with E-state index in [1.165, 1.54) is 295 Å². The number of aliphatic hydroxyl groups is 1. The van der Waals surface area contributed by atoms with E-state index in [0.29, 0.717) is 31.6 Å². The van der Waals surface area contributed by atoms with Gasteiger partial charge in [0, 0.05) is 25.7 Å². The molecule has 0 aliphatic carbocycles. The zero-order valence-electron chi connectivity index (χ0n) is 73.4. The van der Waals surface area contributed by atoms with Gasteiger partial charge >= 0.3 is 39.5 Å². The number of esters is 4. The lowest BCUT2D eigenvalue weighted by molar-refractivity contribution is -0.161. The van der Waals surface area contributed by atoms with Crippen LogP contribution in [0.5, 0.6) is 0 Å². The quantitative estimate of drug-likeness (QED) is 0.0222. The molecule has 0 spiro atoms. The van der Waals surface area contributed by atoms with Crippen LogP contribution in [0, 0.1) is 17.8 Å². The molecule has 0 aromatic carbocycles. The van der Waals surface area contributed by atoms with Crippen molar-refractivity contribution in [2.24, 2.45) is 17.8 Å². The summed E-state index contributed by atoms with van der Waals surface area (Å²) >= 11 is 0. The van der Waals surface area contributed by atoms with Gasteiger partial charge < -0.3 is 33.8 Å². The second-order valence-electron chi connectivity index (χ2n) is 34.2. The SMILES string of the molecule is CCCCCCCCCCCCCCCCCCCCC(=O)O[C@H](COC(=O)CCCCCCCCCC(C)C)COP(=O)(O)OC[C@H](O)COP(=O)(O)OC[C@@H](COC(=O)CCCCCCCCCCCCCCCCCCCCC(C)C)OC(=O)CCCCCCCCCCCCCCCCCCCCC(C)CC. The Hall–Kier alpha value is -1.94. The Balaban J connectivity index is 5.22. The van der Waals surface area contributed by atoms with Crippen molar-refractivity contribution in [1.29, 1.82) is 0 Å². The van der Waals surface area contributed by atoms with Crippen molar-refractivity contribution in [3.8, 4) is 0 Å². The van der Waals surface area contributed by atoms with E-state index in [-0.39, 0.29) is 25.7 Å². The number of phosphoric acid groups is 2. The van der Waals surface area contributed by atoms with Gasteiger partial charge in [-0.25, -0.2) is 9.13 Å². The average Bonchev–Trinajstić information content (AvgIpc) is 0.898. The van der Waals surface area contributed by atoms with Crippen LogP contribution in [0.4, 0.5) is 0 Å². The van der Waals surface area contributed by atoms with Crippen LogP contribution in [0.2, 0.25) is 0 Å². The largest absolute Gasteiger partial charge is 0.472 e. The van der Waals surface area contributed by atoms with Crippen molar-refractivity contribution in [2.45, 2.75) is 510 Å². The van der Waals surface area contributed by atoms with Gasteiger partial charge in [0.2, 0.25) is 0 Å².